The summed E-state index contributed by atoms with van der Waals surface area (Å²) in [5.74, 6) is 0.683. The number of ketones is 1. The van der Waals surface area contributed by atoms with Crippen molar-refractivity contribution in [3.8, 4) is 17.2 Å². The first-order valence-electron chi connectivity index (χ1n) is 11.5. The summed E-state index contributed by atoms with van der Waals surface area (Å²) in [7, 11) is 0. The number of aryl methyl sites for hydroxylation is 1. The minimum Gasteiger partial charge on any atom is -0.507 e. The predicted molar refractivity (Wildman–Crippen MR) is 122 cm³/mol. The number of esters is 1. The first-order valence-corrected chi connectivity index (χ1v) is 11.5. The van der Waals surface area contributed by atoms with Crippen LogP contribution in [0.1, 0.15) is 80.8 Å². The van der Waals surface area contributed by atoms with Crippen molar-refractivity contribution in [2.24, 2.45) is 11.8 Å². The quantitative estimate of drug-likeness (QED) is 0.351. The van der Waals surface area contributed by atoms with Gasteiger partial charge in [0.1, 0.15) is 28.4 Å². The number of carbonyl (C=O) groups excluding carboxylic acids is 2. The van der Waals surface area contributed by atoms with Crippen LogP contribution in [0, 0.1) is 11.8 Å². The molecule has 1 heterocycles. The lowest BCUT2D eigenvalue weighted by Gasteiger charge is -2.49. The van der Waals surface area contributed by atoms with E-state index in [-0.39, 0.29) is 40.8 Å². The van der Waals surface area contributed by atoms with Gasteiger partial charge in [0.15, 0.2) is 5.78 Å². The molecule has 0 radical (unpaired) electrons. The molecular weight excluding hydrogens is 404 g/mol. The molecule has 0 unspecified atom stereocenters. The molecular formula is C27H32O5. The summed E-state index contributed by atoms with van der Waals surface area (Å²) in [6.07, 6.45) is 3.51. The van der Waals surface area contributed by atoms with Crippen LogP contribution in [-0.2, 0) is 11.2 Å². The highest BCUT2D eigenvalue weighted by Gasteiger charge is 2.48. The molecule has 2 aliphatic rings. The number of carbonyl (C=O) groups is 2. The van der Waals surface area contributed by atoms with E-state index in [1.165, 1.54) is 6.92 Å². The van der Waals surface area contributed by atoms with Gasteiger partial charge in [-0.15, -0.1) is 0 Å². The Balaban J connectivity index is 1.77. The number of phenolic OH excluding ortho intramolecular Hbond substituents is 1. The van der Waals surface area contributed by atoms with Crippen LogP contribution in [0.4, 0.5) is 0 Å². The van der Waals surface area contributed by atoms with Gasteiger partial charge in [-0.25, -0.2) is 0 Å². The van der Waals surface area contributed by atoms with Crippen molar-refractivity contribution in [3.63, 3.8) is 0 Å². The summed E-state index contributed by atoms with van der Waals surface area (Å²) in [5.41, 5.74) is 1.51. The van der Waals surface area contributed by atoms with E-state index in [9.17, 15) is 14.7 Å². The topological polar surface area (TPSA) is 72.8 Å². The Morgan fingerprint density at radius 1 is 1.25 bits per heavy atom. The molecule has 4 rings (SSSR count). The fourth-order valence-electron chi connectivity index (χ4n) is 5.48. The molecule has 32 heavy (non-hydrogen) atoms. The van der Waals surface area contributed by atoms with Crippen LogP contribution in [0.5, 0.6) is 17.2 Å². The summed E-state index contributed by atoms with van der Waals surface area (Å²) in [5, 5.41) is 11.4. The number of fused-ring (bicyclic) bond motifs is 4. The van der Waals surface area contributed by atoms with Gasteiger partial charge >= 0.3 is 5.97 Å². The van der Waals surface area contributed by atoms with E-state index in [1.807, 2.05) is 30.3 Å². The molecule has 2 aromatic rings. The minimum atomic E-state index is -0.538. The molecule has 1 aliphatic carbocycles. The number of Topliss-reactive ketones (excluding diaryl/α,β-unsaturated/α-hetero) is 1. The Morgan fingerprint density at radius 2 is 1.97 bits per heavy atom. The van der Waals surface area contributed by atoms with E-state index < -0.39 is 5.97 Å². The molecule has 1 N–H and O–H groups in total. The molecule has 2 aromatic carbocycles. The van der Waals surface area contributed by atoms with Gasteiger partial charge in [-0.3, -0.25) is 9.59 Å². The number of ether oxygens (including phenoxy) is 2. The molecule has 170 valence electrons. The number of rotatable bonds is 6. The smallest absolute Gasteiger partial charge is 0.308 e. The Labute approximate surface area is 189 Å². The van der Waals surface area contributed by atoms with Crippen LogP contribution in [0.15, 0.2) is 36.4 Å². The first-order chi connectivity index (χ1) is 15.2. The van der Waals surface area contributed by atoms with Gasteiger partial charge in [0, 0.05) is 25.0 Å². The lowest BCUT2D eigenvalue weighted by Crippen LogP contribution is -2.45. The Kier molecular flexibility index (Phi) is 6.02. The molecule has 1 fully saturated rings. The molecule has 5 nitrogen and oxygen atoms in total. The minimum absolute atomic E-state index is 0.0801. The van der Waals surface area contributed by atoms with E-state index in [4.69, 9.17) is 9.47 Å². The Hall–Kier alpha value is -2.82. The van der Waals surface area contributed by atoms with Gasteiger partial charge in [0.2, 0.25) is 0 Å². The molecule has 2 bridgehead atoms. The SMILES string of the molecule is CC(=O)Oc1cc2c(c(O)c1C(=O)CCc1ccccc1)[C@@H]1C[C@@](C)(CC[C@@H]1C(C)C)O2. The number of aromatic hydroxyl groups is 1. The fraction of sp³-hybridized carbons (Fsp3) is 0.481. The summed E-state index contributed by atoms with van der Waals surface area (Å²) < 4.78 is 11.7. The van der Waals surface area contributed by atoms with Crippen molar-refractivity contribution in [1.82, 2.24) is 0 Å². The van der Waals surface area contributed by atoms with Crippen molar-refractivity contribution in [2.45, 2.75) is 71.3 Å². The van der Waals surface area contributed by atoms with Crippen molar-refractivity contribution < 1.29 is 24.2 Å². The first kappa shape index (κ1) is 22.4. The third-order valence-corrected chi connectivity index (χ3v) is 7.04. The largest absolute Gasteiger partial charge is 0.507 e. The predicted octanol–water partition coefficient (Wildman–Crippen LogP) is 5.82. The second-order valence-electron chi connectivity index (χ2n) is 9.82. The molecule has 0 spiro atoms. The van der Waals surface area contributed by atoms with Crippen LogP contribution in [0.3, 0.4) is 0 Å². The summed E-state index contributed by atoms with van der Waals surface area (Å²) >= 11 is 0. The maximum atomic E-state index is 13.3. The van der Waals surface area contributed by atoms with Crippen molar-refractivity contribution >= 4 is 11.8 Å². The maximum Gasteiger partial charge on any atom is 0.308 e. The third kappa shape index (κ3) is 4.25. The lowest BCUT2D eigenvalue weighted by atomic mass is 9.64. The second kappa shape index (κ2) is 8.61. The summed E-state index contributed by atoms with van der Waals surface area (Å²) in [6.45, 7) is 7.80. The lowest BCUT2D eigenvalue weighted by molar-refractivity contribution is -0.131. The van der Waals surface area contributed by atoms with Gasteiger partial charge < -0.3 is 14.6 Å². The van der Waals surface area contributed by atoms with Crippen LogP contribution in [0.25, 0.3) is 0 Å². The standard InChI is InChI=1S/C27H32O5/c1-16(2)19-12-13-27(4)15-20(19)24-23(32-27)14-22(31-17(3)28)25(26(24)30)21(29)11-10-18-8-6-5-7-9-18/h5-9,14,16,19-20,30H,10-13,15H2,1-4H3/t19-,20-,27-/m1/s1. The average Bonchev–Trinajstić information content (AvgIpc) is 2.71. The Morgan fingerprint density at radius 3 is 2.62 bits per heavy atom. The number of hydrogen-bond acceptors (Lipinski definition) is 5. The monoisotopic (exact) mass is 436 g/mol. The van der Waals surface area contributed by atoms with E-state index in [2.05, 4.69) is 20.8 Å². The molecule has 0 aromatic heterocycles. The molecule has 5 heteroatoms. The zero-order chi connectivity index (χ0) is 23.0. The molecule has 0 amide bonds. The molecule has 1 saturated carbocycles. The van der Waals surface area contributed by atoms with Gasteiger partial charge in [-0.1, -0.05) is 44.2 Å². The zero-order valence-electron chi connectivity index (χ0n) is 19.3. The maximum absolute atomic E-state index is 13.3. The number of benzene rings is 2. The number of hydrogen-bond donors (Lipinski definition) is 1. The van der Waals surface area contributed by atoms with E-state index >= 15 is 0 Å². The molecule has 0 saturated heterocycles. The van der Waals surface area contributed by atoms with Crippen molar-refractivity contribution in [2.75, 3.05) is 0 Å². The van der Waals surface area contributed by atoms with Crippen LogP contribution in [-0.4, -0.2) is 22.5 Å². The van der Waals surface area contributed by atoms with Crippen molar-refractivity contribution in [1.29, 1.82) is 0 Å². The summed E-state index contributed by atoms with van der Waals surface area (Å²) in [4.78, 5) is 25.1. The van der Waals surface area contributed by atoms with Gasteiger partial charge in [0.05, 0.1) is 0 Å². The fourth-order valence-corrected chi connectivity index (χ4v) is 5.48. The van der Waals surface area contributed by atoms with Crippen LogP contribution in [0.2, 0.25) is 0 Å². The Bertz CT molecular complexity index is 1030. The van der Waals surface area contributed by atoms with Gasteiger partial charge in [-0.2, -0.15) is 0 Å². The molecule has 3 atom stereocenters. The highest BCUT2D eigenvalue weighted by Crippen LogP contribution is 2.57. The van der Waals surface area contributed by atoms with E-state index in [0.717, 1.165) is 24.8 Å². The third-order valence-electron chi connectivity index (χ3n) is 7.04. The highest BCUT2D eigenvalue weighted by atomic mass is 16.5. The normalized spacial score (nSPS) is 23.9. The summed E-state index contributed by atoms with van der Waals surface area (Å²) in [6, 6.07) is 11.4. The van der Waals surface area contributed by atoms with E-state index in [0.29, 0.717) is 29.6 Å². The molecule has 1 aliphatic heterocycles. The zero-order valence-corrected chi connectivity index (χ0v) is 19.3. The van der Waals surface area contributed by atoms with Gasteiger partial charge in [-0.05, 0) is 55.9 Å². The van der Waals surface area contributed by atoms with E-state index in [1.54, 1.807) is 6.07 Å². The average molecular weight is 437 g/mol. The second-order valence-corrected chi connectivity index (χ2v) is 9.82. The highest BCUT2D eigenvalue weighted by molar-refractivity contribution is 6.03. The van der Waals surface area contributed by atoms with Crippen LogP contribution >= 0.6 is 0 Å². The van der Waals surface area contributed by atoms with Gasteiger partial charge in [0.25, 0.3) is 0 Å². The van der Waals surface area contributed by atoms with Crippen molar-refractivity contribution in [3.05, 3.63) is 53.1 Å². The number of phenols is 1. The van der Waals surface area contributed by atoms with Crippen LogP contribution < -0.4 is 9.47 Å².